The van der Waals surface area contributed by atoms with E-state index in [0.29, 0.717) is 29.0 Å². The smallest absolute Gasteiger partial charge is 0.296 e. The molecule has 0 spiro atoms. The molecule has 0 aliphatic carbocycles. The first kappa shape index (κ1) is 15.4. The van der Waals surface area contributed by atoms with Crippen LogP contribution in [0.2, 0.25) is 0 Å². The average molecular weight is 286 g/mol. The van der Waals surface area contributed by atoms with E-state index in [1.807, 2.05) is 13.2 Å². The predicted molar refractivity (Wildman–Crippen MR) is 77.7 cm³/mol. The third kappa shape index (κ3) is 3.92. The maximum atomic E-state index is 11.1. The van der Waals surface area contributed by atoms with Crippen molar-refractivity contribution in [2.45, 2.75) is 12.2 Å². The van der Waals surface area contributed by atoms with Crippen molar-refractivity contribution in [1.29, 1.82) is 0 Å². The molecule has 1 rings (SSSR count). The lowest BCUT2D eigenvalue weighted by atomic mass is 10.2. The molecule has 19 heavy (non-hydrogen) atoms. The first-order valence-corrected chi connectivity index (χ1v) is 6.99. The molecule has 0 aliphatic heterocycles. The lowest BCUT2D eigenvalue weighted by Crippen LogP contribution is -2.13. The number of nitro benzene ring substituents is 1. The summed E-state index contributed by atoms with van der Waals surface area (Å²) in [6.07, 6.45) is 2.00. The van der Waals surface area contributed by atoms with E-state index in [1.54, 1.807) is 17.8 Å². The van der Waals surface area contributed by atoms with E-state index in [4.69, 9.17) is 9.47 Å². The van der Waals surface area contributed by atoms with Crippen LogP contribution in [0.15, 0.2) is 12.1 Å². The van der Waals surface area contributed by atoms with Crippen LogP contribution in [0.1, 0.15) is 6.92 Å². The van der Waals surface area contributed by atoms with Crippen molar-refractivity contribution in [2.75, 3.05) is 32.3 Å². The summed E-state index contributed by atoms with van der Waals surface area (Å²) >= 11 is 1.69. The largest absolute Gasteiger partial charge is 0.493 e. The maximum absolute atomic E-state index is 11.1. The molecule has 0 saturated heterocycles. The first-order chi connectivity index (χ1) is 9.03. The zero-order chi connectivity index (χ0) is 14.4. The Bertz CT molecular complexity index is 454. The Labute approximate surface area is 116 Å². The third-order valence-electron chi connectivity index (χ3n) is 2.68. The zero-order valence-electron chi connectivity index (χ0n) is 11.4. The van der Waals surface area contributed by atoms with Crippen molar-refractivity contribution in [3.63, 3.8) is 0 Å². The number of ether oxygens (including phenoxy) is 2. The molecular weight excluding hydrogens is 268 g/mol. The molecule has 1 aromatic rings. The van der Waals surface area contributed by atoms with Gasteiger partial charge in [-0.3, -0.25) is 10.1 Å². The average Bonchev–Trinajstić information content (AvgIpc) is 2.43. The summed E-state index contributed by atoms with van der Waals surface area (Å²) in [4.78, 5) is 10.6. The van der Waals surface area contributed by atoms with E-state index in [9.17, 15) is 10.1 Å². The lowest BCUT2D eigenvalue weighted by Gasteiger charge is -2.14. The maximum Gasteiger partial charge on any atom is 0.296 e. The van der Waals surface area contributed by atoms with E-state index < -0.39 is 4.92 Å². The summed E-state index contributed by atoms with van der Waals surface area (Å²) in [7, 11) is 2.95. The molecule has 0 amide bonds. The van der Waals surface area contributed by atoms with Crippen molar-refractivity contribution in [2.24, 2.45) is 0 Å². The van der Waals surface area contributed by atoms with Crippen LogP contribution in [-0.2, 0) is 0 Å². The van der Waals surface area contributed by atoms with Crippen LogP contribution in [0.5, 0.6) is 11.5 Å². The molecule has 1 unspecified atom stereocenters. The Kier molecular flexibility index (Phi) is 5.75. The highest BCUT2D eigenvalue weighted by molar-refractivity contribution is 7.99. The molecule has 0 fully saturated rings. The normalized spacial score (nSPS) is 11.8. The van der Waals surface area contributed by atoms with E-state index in [1.165, 1.54) is 20.3 Å². The van der Waals surface area contributed by atoms with Crippen LogP contribution in [-0.4, -0.2) is 37.2 Å². The Morgan fingerprint density at radius 3 is 2.42 bits per heavy atom. The van der Waals surface area contributed by atoms with Crippen molar-refractivity contribution >= 4 is 23.1 Å². The molecule has 0 bridgehead atoms. The quantitative estimate of drug-likeness (QED) is 0.613. The Morgan fingerprint density at radius 1 is 1.37 bits per heavy atom. The van der Waals surface area contributed by atoms with Crippen LogP contribution >= 0.6 is 11.8 Å². The molecule has 1 atom stereocenters. The molecule has 1 aromatic carbocycles. The molecule has 0 aromatic heterocycles. The topological polar surface area (TPSA) is 73.6 Å². The van der Waals surface area contributed by atoms with E-state index >= 15 is 0 Å². The predicted octanol–water partition coefficient (Wildman–Crippen LogP) is 2.78. The lowest BCUT2D eigenvalue weighted by molar-refractivity contribution is -0.384. The number of hydrogen-bond donors (Lipinski definition) is 1. The second-order valence-corrected chi connectivity index (χ2v) is 5.18. The van der Waals surface area contributed by atoms with Crippen molar-refractivity contribution in [1.82, 2.24) is 0 Å². The number of anilines is 1. The van der Waals surface area contributed by atoms with E-state index in [0.717, 1.165) is 0 Å². The molecule has 7 heteroatoms. The number of methoxy groups -OCH3 is 2. The minimum atomic E-state index is -0.436. The Hall–Kier alpha value is -1.63. The zero-order valence-corrected chi connectivity index (χ0v) is 12.2. The fourth-order valence-electron chi connectivity index (χ4n) is 1.50. The molecule has 0 radical (unpaired) electrons. The number of nitro groups is 1. The fraction of sp³-hybridized carbons (Fsp3) is 0.500. The Balaban J connectivity index is 3.09. The monoisotopic (exact) mass is 286 g/mol. The van der Waals surface area contributed by atoms with Gasteiger partial charge < -0.3 is 14.8 Å². The van der Waals surface area contributed by atoms with Gasteiger partial charge in [-0.2, -0.15) is 11.8 Å². The highest BCUT2D eigenvalue weighted by Gasteiger charge is 2.19. The second kappa shape index (κ2) is 7.08. The van der Waals surface area contributed by atoms with E-state index in [-0.39, 0.29) is 5.69 Å². The fourth-order valence-corrected chi connectivity index (χ4v) is 1.75. The van der Waals surface area contributed by atoms with Gasteiger partial charge in [-0.15, -0.1) is 0 Å². The minimum Gasteiger partial charge on any atom is -0.493 e. The number of rotatable bonds is 7. The molecule has 0 aliphatic rings. The van der Waals surface area contributed by atoms with Crippen LogP contribution in [0.4, 0.5) is 11.4 Å². The third-order valence-corrected chi connectivity index (χ3v) is 3.65. The van der Waals surface area contributed by atoms with Gasteiger partial charge in [0.2, 0.25) is 0 Å². The molecular formula is C12H18N2O4S. The van der Waals surface area contributed by atoms with Crippen LogP contribution < -0.4 is 14.8 Å². The van der Waals surface area contributed by atoms with Gasteiger partial charge in [-0.05, 0) is 6.26 Å². The summed E-state index contributed by atoms with van der Waals surface area (Å²) in [6, 6.07) is 2.95. The first-order valence-electron chi connectivity index (χ1n) is 5.70. The van der Waals surface area contributed by atoms with Gasteiger partial charge >= 0.3 is 0 Å². The molecule has 0 heterocycles. The van der Waals surface area contributed by atoms with Crippen molar-refractivity contribution in [3.8, 4) is 11.5 Å². The number of hydrogen-bond acceptors (Lipinski definition) is 6. The summed E-state index contributed by atoms with van der Waals surface area (Å²) in [6.45, 7) is 2.68. The minimum absolute atomic E-state index is 0.0223. The number of nitrogens with zero attached hydrogens (tertiary/aromatic N) is 1. The highest BCUT2D eigenvalue weighted by atomic mass is 32.2. The molecule has 0 saturated carbocycles. The highest BCUT2D eigenvalue weighted by Crippen LogP contribution is 2.37. The van der Waals surface area contributed by atoms with Gasteiger partial charge in [0, 0.05) is 17.9 Å². The summed E-state index contributed by atoms with van der Waals surface area (Å²) < 4.78 is 10.2. The van der Waals surface area contributed by atoms with Crippen LogP contribution in [0.3, 0.4) is 0 Å². The van der Waals surface area contributed by atoms with Gasteiger partial charge in [0.05, 0.1) is 25.2 Å². The number of benzene rings is 1. The summed E-state index contributed by atoms with van der Waals surface area (Å²) in [5.74, 6) is 0.810. The van der Waals surface area contributed by atoms with Crippen LogP contribution in [0.25, 0.3) is 0 Å². The van der Waals surface area contributed by atoms with Gasteiger partial charge in [0.25, 0.3) is 5.69 Å². The molecule has 1 N–H and O–H groups in total. The number of nitrogens with one attached hydrogen (secondary N) is 1. The van der Waals surface area contributed by atoms with Gasteiger partial charge in [0.15, 0.2) is 11.5 Å². The number of thioether (sulfide) groups is 1. The van der Waals surface area contributed by atoms with E-state index in [2.05, 4.69) is 5.32 Å². The second-order valence-electron chi connectivity index (χ2n) is 3.91. The van der Waals surface area contributed by atoms with Gasteiger partial charge in [0.1, 0.15) is 5.69 Å². The van der Waals surface area contributed by atoms with Crippen LogP contribution in [0, 0.1) is 10.1 Å². The Morgan fingerprint density at radius 2 is 1.95 bits per heavy atom. The molecule has 6 nitrogen and oxygen atoms in total. The molecule has 106 valence electrons. The summed E-state index contributed by atoms with van der Waals surface area (Å²) in [5.41, 5.74) is 0.412. The van der Waals surface area contributed by atoms with Gasteiger partial charge in [-0.1, -0.05) is 6.92 Å². The summed E-state index contributed by atoms with van der Waals surface area (Å²) in [5, 5.41) is 14.5. The van der Waals surface area contributed by atoms with Gasteiger partial charge in [-0.25, -0.2) is 0 Å². The van der Waals surface area contributed by atoms with Crippen molar-refractivity contribution in [3.05, 3.63) is 22.2 Å². The van der Waals surface area contributed by atoms with Crippen molar-refractivity contribution < 1.29 is 14.4 Å². The standard InChI is InChI=1S/C12H18N2O4S/c1-8(19-4)7-13-9-5-11(17-2)12(18-3)6-10(9)14(15)16/h5-6,8,13H,7H2,1-4H3. The SMILES string of the molecule is COc1cc(NCC(C)SC)c([N+](=O)[O-])cc1OC.